The second kappa shape index (κ2) is 6.41. The zero-order valence-corrected chi connectivity index (χ0v) is 13.3. The minimum atomic E-state index is -0.273. The summed E-state index contributed by atoms with van der Waals surface area (Å²) in [5.41, 5.74) is 1.71. The number of halogens is 1. The Labute approximate surface area is 141 Å². The van der Waals surface area contributed by atoms with Crippen LogP contribution in [0.3, 0.4) is 0 Å². The van der Waals surface area contributed by atoms with Gasteiger partial charge in [0.15, 0.2) is 5.76 Å². The molecule has 0 atom stereocenters. The molecule has 4 rings (SSSR count). The summed E-state index contributed by atoms with van der Waals surface area (Å²) in [6, 6.07) is 14.0. The van der Waals surface area contributed by atoms with Crippen molar-refractivity contribution in [1.82, 2.24) is 15.0 Å². The number of aromatic nitrogens is 3. The molecular formula is C18H12FN3OS. The van der Waals surface area contributed by atoms with Crippen LogP contribution in [0.4, 0.5) is 4.39 Å². The van der Waals surface area contributed by atoms with Crippen molar-refractivity contribution >= 4 is 22.7 Å². The quantitative estimate of drug-likeness (QED) is 0.398. The van der Waals surface area contributed by atoms with Crippen molar-refractivity contribution in [3.8, 4) is 11.3 Å². The highest BCUT2D eigenvalue weighted by atomic mass is 32.2. The van der Waals surface area contributed by atoms with Crippen LogP contribution >= 0.6 is 11.8 Å². The molecule has 0 fully saturated rings. The van der Waals surface area contributed by atoms with Crippen LogP contribution in [0.2, 0.25) is 0 Å². The Morgan fingerprint density at radius 3 is 2.67 bits per heavy atom. The summed E-state index contributed by atoms with van der Waals surface area (Å²) in [6.45, 7) is 0. The van der Waals surface area contributed by atoms with Gasteiger partial charge in [-0.05, 0) is 30.3 Å². The molecule has 0 saturated carbocycles. The maximum atomic E-state index is 13.0. The first-order valence-corrected chi connectivity index (χ1v) is 8.31. The average molecular weight is 337 g/mol. The molecule has 4 nitrogen and oxygen atoms in total. The number of benzene rings is 2. The number of hydrogen-bond acceptors (Lipinski definition) is 5. The van der Waals surface area contributed by atoms with Crippen LogP contribution in [0, 0.1) is 5.82 Å². The van der Waals surface area contributed by atoms with Gasteiger partial charge in [0.05, 0.1) is 17.5 Å². The van der Waals surface area contributed by atoms with E-state index in [2.05, 4.69) is 15.0 Å². The van der Waals surface area contributed by atoms with Gasteiger partial charge in [-0.3, -0.25) is 0 Å². The normalized spacial score (nSPS) is 11.0. The molecule has 0 unspecified atom stereocenters. The number of para-hydroxylation sites is 1. The number of nitrogens with zero attached hydrogens (tertiary/aromatic N) is 3. The summed E-state index contributed by atoms with van der Waals surface area (Å²) >= 11 is 1.55. The fraction of sp³-hybridized carbons (Fsp3) is 0.0556. The van der Waals surface area contributed by atoms with Crippen molar-refractivity contribution in [1.29, 1.82) is 0 Å². The van der Waals surface area contributed by atoms with E-state index in [1.807, 2.05) is 24.3 Å². The lowest BCUT2D eigenvalue weighted by atomic mass is 10.2. The summed E-state index contributed by atoms with van der Waals surface area (Å²) in [4.78, 5) is 12.9. The highest BCUT2D eigenvalue weighted by Gasteiger charge is 2.09. The molecule has 6 heteroatoms. The van der Waals surface area contributed by atoms with Crippen molar-refractivity contribution in [2.24, 2.45) is 0 Å². The minimum absolute atomic E-state index is 0.273. The topological polar surface area (TPSA) is 51.8 Å². The Kier molecular flexibility index (Phi) is 3.96. The van der Waals surface area contributed by atoms with Crippen LogP contribution in [0.5, 0.6) is 0 Å². The van der Waals surface area contributed by atoms with Crippen LogP contribution in [-0.4, -0.2) is 15.0 Å². The van der Waals surface area contributed by atoms with E-state index in [-0.39, 0.29) is 5.82 Å². The lowest BCUT2D eigenvalue weighted by molar-refractivity contribution is 0.529. The maximum Gasteiger partial charge on any atom is 0.205 e. The summed E-state index contributed by atoms with van der Waals surface area (Å²) in [5.74, 6) is 1.51. The SMILES string of the molecule is Fc1ccc(-c2cnc(CSc3ncnc4ccccc34)o2)cc1. The Balaban J connectivity index is 1.53. The molecular weight excluding hydrogens is 325 g/mol. The molecule has 24 heavy (non-hydrogen) atoms. The zero-order chi connectivity index (χ0) is 16.4. The first-order chi connectivity index (χ1) is 11.8. The zero-order valence-electron chi connectivity index (χ0n) is 12.5. The lowest BCUT2D eigenvalue weighted by Crippen LogP contribution is -1.87. The van der Waals surface area contributed by atoms with Crippen LogP contribution in [0.1, 0.15) is 5.89 Å². The first-order valence-electron chi connectivity index (χ1n) is 7.33. The minimum Gasteiger partial charge on any atom is -0.440 e. The highest BCUT2D eigenvalue weighted by Crippen LogP contribution is 2.28. The van der Waals surface area contributed by atoms with Crippen molar-refractivity contribution in [2.75, 3.05) is 0 Å². The van der Waals surface area contributed by atoms with E-state index in [9.17, 15) is 4.39 Å². The third-order valence-corrected chi connectivity index (χ3v) is 4.51. The van der Waals surface area contributed by atoms with Gasteiger partial charge in [-0.1, -0.05) is 30.0 Å². The fourth-order valence-electron chi connectivity index (χ4n) is 2.35. The van der Waals surface area contributed by atoms with Gasteiger partial charge in [-0.15, -0.1) is 0 Å². The smallest absolute Gasteiger partial charge is 0.205 e. The van der Waals surface area contributed by atoms with E-state index >= 15 is 0 Å². The molecule has 0 N–H and O–H groups in total. The van der Waals surface area contributed by atoms with Gasteiger partial charge in [0.1, 0.15) is 17.2 Å². The summed E-state index contributed by atoms with van der Waals surface area (Å²) in [7, 11) is 0. The molecule has 0 spiro atoms. The summed E-state index contributed by atoms with van der Waals surface area (Å²) in [6.07, 6.45) is 3.21. The fourth-order valence-corrected chi connectivity index (χ4v) is 3.19. The Bertz CT molecular complexity index is 980. The predicted molar refractivity (Wildman–Crippen MR) is 91.0 cm³/mol. The van der Waals surface area contributed by atoms with Gasteiger partial charge in [0, 0.05) is 10.9 Å². The summed E-state index contributed by atoms with van der Waals surface area (Å²) < 4.78 is 18.7. The summed E-state index contributed by atoms with van der Waals surface area (Å²) in [5, 5.41) is 1.90. The van der Waals surface area contributed by atoms with E-state index in [0.717, 1.165) is 21.5 Å². The number of oxazole rings is 1. The van der Waals surface area contributed by atoms with Crippen molar-refractivity contribution in [3.05, 3.63) is 72.8 Å². The average Bonchev–Trinajstić information content (AvgIpc) is 3.09. The molecule has 0 aliphatic heterocycles. The number of rotatable bonds is 4. The Morgan fingerprint density at radius 2 is 1.79 bits per heavy atom. The Morgan fingerprint density at radius 1 is 0.958 bits per heavy atom. The van der Waals surface area contributed by atoms with E-state index in [4.69, 9.17) is 4.42 Å². The van der Waals surface area contributed by atoms with Gasteiger partial charge in [-0.25, -0.2) is 19.3 Å². The second-order valence-electron chi connectivity index (χ2n) is 5.11. The van der Waals surface area contributed by atoms with E-state index in [1.165, 1.54) is 12.1 Å². The molecule has 0 bridgehead atoms. The molecule has 118 valence electrons. The van der Waals surface area contributed by atoms with Gasteiger partial charge >= 0.3 is 0 Å². The van der Waals surface area contributed by atoms with Gasteiger partial charge in [0.2, 0.25) is 5.89 Å². The van der Waals surface area contributed by atoms with Crippen LogP contribution < -0.4 is 0 Å². The number of thioether (sulfide) groups is 1. The van der Waals surface area contributed by atoms with Gasteiger partial charge in [-0.2, -0.15) is 0 Å². The monoisotopic (exact) mass is 337 g/mol. The predicted octanol–water partition coefficient (Wildman–Crippen LogP) is 4.72. The molecule has 2 aromatic carbocycles. The third kappa shape index (κ3) is 3.00. The lowest BCUT2D eigenvalue weighted by Gasteiger charge is -2.02. The molecule has 0 aliphatic rings. The van der Waals surface area contributed by atoms with Crippen molar-refractivity contribution < 1.29 is 8.81 Å². The third-order valence-electron chi connectivity index (χ3n) is 3.52. The molecule has 4 aromatic rings. The second-order valence-corrected chi connectivity index (χ2v) is 6.07. The van der Waals surface area contributed by atoms with Gasteiger partial charge in [0.25, 0.3) is 0 Å². The van der Waals surface area contributed by atoms with Crippen molar-refractivity contribution in [2.45, 2.75) is 10.8 Å². The molecule has 0 saturated heterocycles. The highest BCUT2D eigenvalue weighted by molar-refractivity contribution is 7.98. The first kappa shape index (κ1) is 14.8. The molecule has 2 aromatic heterocycles. The molecule has 0 aliphatic carbocycles. The Hall–Kier alpha value is -2.73. The molecule has 0 amide bonds. The maximum absolute atomic E-state index is 13.0. The number of fused-ring (bicyclic) bond motifs is 1. The van der Waals surface area contributed by atoms with Crippen LogP contribution in [0.15, 0.2) is 70.5 Å². The van der Waals surface area contributed by atoms with Crippen LogP contribution in [0.25, 0.3) is 22.2 Å². The van der Waals surface area contributed by atoms with E-state index in [0.29, 0.717) is 17.4 Å². The van der Waals surface area contributed by atoms with E-state index < -0.39 is 0 Å². The van der Waals surface area contributed by atoms with Crippen molar-refractivity contribution in [3.63, 3.8) is 0 Å². The number of hydrogen-bond donors (Lipinski definition) is 0. The van der Waals surface area contributed by atoms with Crippen LogP contribution in [-0.2, 0) is 5.75 Å². The standard InChI is InChI=1S/C18H12FN3OS/c19-13-7-5-12(6-8-13)16-9-20-17(23-16)10-24-18-14-3-1-2-4-15(14)21-11-22-18/h1-9,11H,10H2. The van der Waals surface area contributed by atoms with Gasteiger partial charge < -0.3 is 4.42 Å². The molecule has 2 heterocycles. The molecule has 0 radical (unpaired) electrons. The van der Waals surface area contributed by atoms with E-state index in [1.54, 1.807) is 36.4 Å². The largest absolute Gasteiger partial charge is 0.440 e.